The van der Waals surface area contributed by atoms with Crippen LogP contribution in [-0.2, 0) is 15.1 Å². The first-order chi connectivity index (χ1) is 8.35. The number of para-hydroxylation sites is 1. The average Bonchev–Trinajstić information content (AvgIpc) is 2.36. The van der Waals surface area contributed by atoms with Crippen molar-refractivity contribution in [1.82, 2.24) is 0 Å². The van der Waals surface area contributed by atoms with Gasteiger partial charge >= 0.3 is 5.97 Å². The van der Waals surface area contributed by atoms with Gasteiger partial charge in [-0.2, -0.15) is 0 Å². The normalized spacial score (nSPS) is 15.6. The Balaban J connectivity index is 3.46. The maximum absolute atomic E-state index is 12.0. The van der Waals surface area contributed by atoms with E-state index in [1.165, 1.54) is 26.2 Å². The number of Topliss-reactive ketones (excluding diaryl/α,β-unsaturated/α-hetero) is 1. The zero-order valence-corrected chi connectivity index (χ0v) is 10.8. The second-order valence-corrected chi connectivity index (χ2v) is 4.45. The monoisotopic (exact) mass is 271 g/mol. The van der Waals surface area contributed by atoms with E-state index in [1.807, 2.05) is 0 Å². The summed E-state index contributed by atoms with van der Waals surface area (Å²) < 4.78 is 5.03. The zero-order chi connectivity index (χ0) is 13.9. The molecule has 0 bridgehead atoms. The van der Waals surface area contributed by atoms with E-state index in [1.54, 1.807) is 12.1 Å². The summed E-state index contributed by atoms with van der Waals surface area (Å²) >= 11 is 5.67. The molecule has 0 saturated heterocycles. The SMILES string of the molecule is COc1ccccc1C(N)(C(=O)O)C(=O)C(C)Cl. The Kier molecular flexibility index (Phi) is 4.32. The van der Waals surface area contributed by atoms with Crippen molar-refractivity contribution in [3.63, 3.8) is 0 Å². The van der Waals surface area contributed by atoms with Crippen molar-refractivity contribution < 1.29 is 19.4 Å². The molecule has 0 aliphatic heterocycles. The lowest BCUT2D eigenvalue weighted by atomic mass is 9.84. The Hall–Kier alpha value is -1.59. The topological polar surface area (TPSA) is 89.6 Å². The fourth-order valence-corrected chi connectivity index (χ4v) is 1.81. The summed E-state index contributed by atoms with van der Waals surface area (Å²) in [5, 5.41) is 8.25. The van der Waals surface area contributed by atoms with Gasteiger partial charge in [-0.05, 0) is 13.0 Å². The van der Waals surface area contributed by atoms with Gasteiger partial charge in [0, 0.05) is 5.56 Å². The van der Waals surface area contributed by atoms with E-state index in [0.29, 0.717) is 0 Å². The first-order valence-electron chi connectivity index (χ1n) is 5.19. The highest BCUT2D eigenvalue weighted by Crippen LogP contribution is 2.30. The number of halogens is 1. The predicted octanol–water partition coefficient (Wildman–Crippen LogP) is 1.13. The van der Waals surface area contributed by atoms with Crippen LogP contribution in [0.3, 0.4) is 0 Å². The van der Waals surface area contributed by atoms with Crippen LogP contribution >= 0.6 is 11.6 Å². The van der Waals surface area contributed by atoms with Gasteiger partial charge in [0.15, 0.2) is 5.78 Å². The van der Waals surface area contributed by atoms with Crippen LogP contribution in [0.4, 0.5) is 0 Å². The number of ether oxygens (including phenoxy) is 1. The third kappa shape index (κ3) is 2.32. The number of hydrogen-bond donors (Lipinski definition) is 2. The first kappa shape index (κ1) is 14.5. The van der Waals surface area contributed by atoms with Crippen LogP contribution in [0.1, 0.15) is 12.5 Å². The number of carbonyl (C=O) groups excluding carboxylic acids is 1. The molecule has 0 radical (unpaired) electrons. The van der Waals surface area contributed by atoms with Crippen LogP contribution in [0.2, 0.25) is 0 Å². The van der Waals surface area contributed by atoms with Crippen molar-refractivity contribution in [2.45, 2.75) is 17.8 Å². The minimum absolute atomic E-state index is 0.0810. The third-order valence-corrected chi connectivity index (χ3v) is 2.82. The number of hydrogen-bond acceptors (Lipinski definition) is 4. The van der Waals surface area contributed by atoms with Crippen molar-refractivity contribution in [2.75, 3.05) is 7.11 Å². The molecule has 0 fully saturated rings. The Morgan fingerprint density at radius 3 is 2.44 bits per heavy atom. The highest BCUT2D eigenvalue weighted by atomic mass is 35.5. The van der Waals surface area contributed by atoms with Crippen LogP contribution in [0.15, 0.2) is 24.3 Å². The summed E-state index contributed by atoms with van der Waals surface area (Å²) in [6.45, 7) is 1.38. The fourth-order valence-electron chi connectivity index (χ4n) is 1.64. The molecule has 18 heavy (non-hydrogen) atoms. The quantitative estimate of drug-likeness (QED) is 0.619. The number of carbonyl (C=O) groups is 2. The third-order valence-electron chi connectivity index (χ3n) is 2.62. The lowest BCUT2D eigenvalue weighted by Crippen LogP contribution is -2.54. The van der Waals surface area contributed by atoms with Crippen molar-refractivity contribution in [3.05, 3.63) is 29.8 Å². The molecule has 0 amide bonds. The summed E-state index contributed by atoms with van der Waals surface area (Å²) in [4.78, 5) is 23.4. The van der Waals surface area contributed by atoms with E-state index in [-0.39, 0.29) is 11.3 Å². The van der Waals surface area contributed by atoms with Gasteiger partial charge in [-0.3, -0.25) is 4.79 Å². The van der Waals surface area contributed by atoms with Crippen LogP contribution < -0.4 is 10.5 Å². The number of carboxylic acid groups (broad SMARTS) is 1. The fraction of sp³-hybridized carbons (Fsp3) is 0.333. The van der Waals surface area contributed by atoms with Crippen LogP contribution in [0.5, 0.6) is 5.75 Å². The van der Waals surface area contributed by atoms with Crippen molar-refractivity contribution >= 4 is 23.4 Å². The smallest absolute Gasteiger partial charge is 0.336 e. The summed E-state index contributed by atoms with van der Waals surface area (Å²) in [5.74, 6) is -2.03. The summed E-state index contributed by atoms with van der Waals surface area (Å²) in [7, 11) is 1.37. The van der Waals surface area contributed by atoms with E-state index < -0.39 is 22.7 Å². The number of alkyl halides is 1. The van der Waals surface area contributed by atoms with Gasteiger partial charge < -0.3 is 15.6 Å². The van der Waals surface area contributed by atoms with Crippen molar-refractivity contribution in [1.29, 1.82) is 0 Å². The molecule has 1 rings (SSSR count). The second-order valence-electron chi connectivity index (χ2n) is 3.79. The minimum atomic E-state index is -2.21. The summed E-state index contributed by atoms with van der Waals surface area (Å²) in [6, 6.07) is 6.20. The molecule has 3 N–H and O–H groups in total. The highest BCUT2D eigenvalue weighted by Gasteiger charge is 2.47. The Morgan fingerprint density at radius 1 is 1.44 bits per heavy atom. The lowest BCUT2D eigenvalue weighted by molar-refractivity contribution is -0.148. The predicted molar refractivity (Wildman–Crippen MR) is 66.8 cm³/mol. The molecule has 0 saturated carbocycles. The van der Waals surface area contributed by atoms with Gasteiger partial charge in [-0.1, -0.05) is 18.2 Å². The van der Waals surface area contributed by atoms with Gasteiger partial charge in [0.2, 0.25) is 5.54 Å². The molecule has 0 aromatic heterocycles. The largest absolute Gasteiger partial charge is 0.496 e. The van der Waals surface area contributed by atoms with Crippen LogP contribution in [0.25, 0.3) is 0 Å². The van der Waals surface area contributed by atoms with Gasteiger partial charge in [0.25, 0.3) is 0 Å². The molecule has 98 valence electrons. The van der Waals surface area contributed by atoms with E-state index >= 15 is 0 Å². The summed E-state index contributed by atoms with van der Waals surface area (Å²) in [5.41, 5.74) is 3.64. The van der Waals surface area contributed by atoms with Crippen molar-refractivity contribution in [3.8, 4) is 5.75 Å². The number of nitrogens with two attached hydrogens (primary N) is 1. The Bertz CT molecular complexity index is 475. The molecule has 1 aromatic rings. The van der Waals surface area contributed by atoms with Gasteiger partial charge in [-0.25, -0.2) is 4.79 Å². The molecule has 0 aliphatic carbocycles. The zero-order valence-electron chi connectivity index (χ0n) is 10.0. The molecule has 6 heteroatoms. The van der Waals surface area contributed by atoms with Crippen LogP contribution in [-0.4, -0.2) is 29.3 Å². The van der Waals surface area contributed by atoms with E-state index in [9.17, 15) is 14.7 Å². The maximum atomic E-state index is 12.0. The molecule has 2 atom stereocenters. The molecule has 0 heterocycles. The Morgan fingerprint density at radius 2 is 2.00 bits per heavy atom. The first-order valence-corrected chi connectivity index (χ1v) is 5.63. The Labute approximate surface area is 109 Å². The molecular weight excluding hydrogens is 258 g/mol. The highest BCUT2D eigenvalue weighted by molar-refractivity contribution is 6.34. The van der Waals surface area contributed by atoms with Gasteiger partial charge in [0.05, 0.1) is 12.5 Å². The number of rotatable bonds is 5. The standard InChI is InChI=1S/C12H14ClNO4/c1-7(13)10(15)12(14,11(16)17)8-5-3-4-6-9(8)18-2/h3-7H,14H2,1-2H3,(H,16,17). The van der Waals surface area contributed by atoms with Crippen molar-refractivity contribution in [2.24, 2.45) is 5.73 Å². The van der Waals surface area contributed by atoms with E-state index in [2.05, 4.69) is 0 Å². The van der Waals surface area contributed by atoms with Gasteiger partial charge in [0.1, 0.15) is 5.75 Å². The number of ketones is 1. The average molecular weight is 272 g/mol. The molecule has 5 nitrogen and oxygen atoms in total. The summed E-state index contributed by atoms with van der Waals surface area (Å²) in [6.07, 6.45) is 0. The molecule has 0 spiro atoms. The van der Waals surface area contributed by atoms with Gasteiger partial charge in [-0.15, -0.1) is 11.6 Å². The molecule has 2 unspecified atom stereocenters. The number of methoxy groups -OCH3 is 1. The maximum Gasteiger partial charge on any atom is 0.336 e. The van der Waals surface area contributed by atoms with E-state index in [4.69, 9.17) is 22.1 Å². The minimum Gasteiger partial charge on any atom is -0.496 e. The number of aliphatic carboxylic acids is 1. The second kappa shape index (κ2) is 5.37. The number of carboxylic acids is 1. The lowest BCUT2D eigenvalue weighted by Gasteiger charge is -2.26. The number of benzene rings is 1. The molecular formula is C12H14ClNO4. The van der Waals surface area contributed by atoms with E-state index in [0.717, 1.165) is 0 Å². The van der Waals surface area contributed by atoms with Crippen LogP contribution in [0, 0.1) is 0 Å². The molecule has 0 aliphatic rings. The molecule has 1 aromatic carbocycles.